The number of hydrogen-bond donors (Lipinski definition) is 1. The van der Waals surface area contributed by atoms with Crippen molar-refractivity contribution in [3.63, 3.8) is 0 Å². The van der Waals surface area contributed by atoms with Crippen LogP contribution in [0.5, 0.6) is 5.88 Å². The first kappa shape index (κ1) is 10.5. The highest BCUT2D eigenvalue weighted by Gasteiger charge is 2.09. The van der Waals surface area contributed by atoms with Gasteiger partial charge in [0.1, 0.15) is 5.76 Å². The smallest absolute Gasteiger partial charge is 0.226 e. The van der Waals surface area contributed by atoms with Crippen LogP contribution in [0.1, 0.15) is 18.7 Å². The average Bonchev–Trinajstić information content (AvgIpc) is 2.83. The van der Waals surface area contributed by atoms with Crippen LogP contribution >= 0.6 is 0 Å². The van der Waals surface area contributed by atoms with E-state index < -0.39 is 0 Å². The molecule has 0 aliphatic heterocycles. The minimum Gasteiger partial charge on any atom is -0.481 e. The second-order valence-corrected chi connectivity index (χ2v) is 3.30. The topological polar surface area (TPSA) is 60.2 Å². The zero-order valence-electron chi connectivity index (χ0n) is 9.18. The molecule has 0 amide bonds. The highest BCUT2D eigenvalue weighted by atomic mass is 16.5. The van der Waals surface area contributed by atoms with Crippen molar-refractivity contribution in [3.05, 3.63) is 36.4 Å². The number of nitrogens with zero attached hydrogens (tertiary/aromatic N) is 2. The van der Waals surface area contributed by atoms with Crippen molar-refractivity contribution in [2.75, 3.05) is 12.4 Å². The van der Waals surface area contributed by atoms with Crippen molar-refractivity contribution < 1.29 is 9.15 Å². The van der Waals surface area contributed by atoms with Gasteiger partial charge in [-0.2, -0.15) is 4.98 Å². The molecule has 5 heteroatoms. The van der Waals surface area contributed by atoms with Gasteiger partial charge in [0.15, 0.2) is 0 Å². The molecule has 16 heavy (non-hydrogen) atoms. The summed E-state index contributed by atoms with van der Waals surface area (Å²) >= 11 is 0. The Morgan fingerprint density at radius 3 is 3.00 bits per heavy atom. The number of aromatic nitrogens is 2. The third-order valence-corrected chi connectivity index (χ3v) is 2.15. The van der Waals surface area contributed by atoms with Crippen molar-refractivity contribution in [2.24, 2.45) is 0 Å². The summed E-state index contributed by atoms with van der Waals surface area (Å²) in [6.45, 7) is 1.97. The van der Waals surface area contributed by atoms with Gasteiger partial charge in [-0.25, -0.2) is 4.98 Å². The van der Waals surface area contributed by atoms with E-state index in [0.29, 0.717) is 11.8 Å². The van der Waals surface area contributed by atoms with Crippen LogP contribution in [0.25, 0.3) is 0 Å². The fraction of sp³-hybridized carbons (Fsp3) is 0.273. The summed E-state index contributed by atoms with van der Waals surface area (Å²) in [5.41, 5.74) is 0. The Morgan fingerprint density at radius 1 is 1.44 bits per heavy atom. The number of methoxy groups -OCH3 is 1. The number of hydrogen-bond acceptors (Lipinski definition) is 5. The Hall–Kier alpha value is -2.04. The third-order valence-electron chi connectivity index (χ3n) is 2.15. The summed E-state index contributed by atoms with van der Waals surface area (Å²) in [6, 6.07) is 5.46. The number of rotatable bonds is 4. The molecular weight excluding hydrogens is 206 g/mol. The van der Waals surface area contributed by atoms with Crippen molar-refractivity contribution in [2.45, 2.75) is 13.0 Å². The highest BCUT2D eigenvalue weighted by Crippen LogP contribution is 2.17. The van der Waals surface area contributed by atoms with E-state index in [9.17, 15) is 0 Å². The lowest BCUT2D eigenvalue weighted by Crippen LogP contribution is -2.08. The van der Waals surface area contributed by atoms with Gasteiger partial charge < -0.3 is 14.5 Å². The molecule has 0 saturated carbocycles. The lowest BCUT2D eigenvalue weighted by atomic mass is 10.2. The molecule has 0 aliphatic carbocycles. The maximum Gasteiger partial charge on any atom is 0.226 e. The van der Waals surface area contributed by atoms with Crippen LogP contribution in [0.4, 0.5) is 5.95 Å². The van der Waals surface area contributed by atoms with E-state index >= 15 is 0 Å². The molecule has 1 N–H and O–H groups in total. The third kappa shape index (κ3) is 2.31. The van der Waals surface area contributed by atoms with Gasteiger partial charge in [0.05, 0.1) is 19.4 Å². The van der Waals surface area contributed by atoms with Gasteiger partial charge in [-0.1, -0.05) is 0 Å². The predicted octanol–water partition coefficient (Wildman–Crippen LogP) is 2.25. The molecule has 0 spiro atoms. The van der Waals surface area contributed by atoms with E-state index in [1.54, 1.807) is 25.6 Å². The molecule has 2 aromatic rings. The summed E-state index contributed by atoms with van der Waals surface area (Å²) in [5, 5.41) is 3.12. The first-order chi connectivity index (χ1) is 7.79. The molecule has 0 radical (unpaired) electrons. The molecule has 1 atom stereocenters. The van der Waals surface area contributed by atoms with E-state index in [2.05, 4.69) is 15.3 Å². The van der Waals surface area contributed by atoms with Gasteiger partial charge in [-0.15, -0.1) is 0 Å². The maximum atomic E-state index is 5.27. The van der Waals surface area contributed by atoms with Crippen molar-refractivity contribution in [1.29, 1.82) is 0 Å². The Morgan fingerprint density at radius 2 is 2.31 bits per heavy atom. The lowest BCUT2D eigenvalue weighted by Gasteiger charge is -2.11. The first-order valence-corrected chi connectivity index (χ1v) is 4.96. The Bertz CT molecular complexity index is 442. The van der Waals surface area contributed by atoms with Crippen LogP contribution in [0.2, 0.25) is 0 Å². The van der Waals surface area contributed by atoms with Crippen LogP contribution < -0.4 is 10.1 Å². The summed E-state index contributed by atoms with van der Waals surface area (Å²) in [6.07, 6.45) is 3.28. The zero-order chi connectivity index (χ0) is 11.4. The Kier molecular flexibility index (Phi) is 3.05. The molecule has 0 saturated heterocycles. The molecule has 2 aromatic heterocycles. The van der Waals surface area contributed by atoms with E-state index in [0.717, 1.165) is 5.76 Å². The second-order valence-electron chi connectivity index (χ2n) is 3.30. The fourth-order valence-electron chi connectivity index (χ4n) is 1.33. The molecule has 84 valence electrons. The number of ether oxygens (including phenoxy) is 1. The van der Waals surface area contributed by atoms with E-state index in [4.69, 9.17) is 9.15 Å². The van der Waals surface area contributed by atoms with Gasteiger partial charge in [-0.3, -0.25) is 0 Å². The molecule has 1 unspecified atom stereocenters. The van der Waals surface area contributed by atoms with Crippen LogP contribution in [0.3, 0.4) is 0 Å². The Labute approximate surface area is 93.5 Å². The first-order valence-electron chi connectivity index (χ1n) is 4.96. The minimum absolute atomic E-state index is 0.0158. The fourth-order valence-corrected chi connectivity index (χ4v) is 1.33. The van der Waals surface area contributed by atoms with Crippen LogP contribution in [-0.2, 0) is 0 Å². The van der Waals surface area contributed by atoms with Crippen LogP contribution in [-0.4, -0.2) is 17.1 Å². The zero-order valence-corrected chi connectivity index (χ0v) is 9.18. The SMILES string of the molecule is COc1ccnc(NC(C)c2ccco2)n1. The van der Waals surface area contributed by atoms with Gasteiger partial charge in [0.25, 0.3) is 0 Å². The molecule has 0 fully saturated rings. The monoisotopic (exact) mass is 219 g/mol. The molecular formula is C11H13N3O2. The van der Waals surface area contributed by atoms with E-state index in [-0.39, 0.29) is 6.04 Å². The standard InChI is InChI=1S/C11H13N3O2/c1-8(9-4-3-7-16-9)13-11-12-6-5-10(14-11)15-2/h3-8H,1-2H3,(H,12,13,14). The van der Waals surface area contributed by atoms with Gasteiger partial charge >= 0.3 is 0 Å². The summed E-state index contributed by atoms with van der Waals surface area (Å²) in [5.74, 6) is 1.89. The maximum absolute atomic E-state index is 5.27. The van der Waals surface area contributed by atoms with E-state index in [1.807, 2.05) is 19.1 Å². The molecule has 0 aliphatic rings. The van der Waals surface area contributed by atoms with Crippen LogP contribution in [0, 0.1) is 0 Å². The van der Waals surface area contributed by atoms with E-state index in [1.165, 1.54) is 0 Å². The van der Waals surface area contributed by atoms with Crippen molar-refractivity contribution >= 4 is 5.95 Å². The molecule has 2 rings (SSSR count). The van der Waals surface area contributed by atoms with Crippen molar-refractivity contribution in [3.8, 4) is 5.88 Å². The van der Waals surface area contributed by atoms with Gasteiger partial charge in [-0.05, 0) is 19.1 Å². The van der Waals surface area contributed by atoms with Gasteiger partial charge in [0, 0.05) is 12.3 Å². The predicted molar refractivity (Wildman–Crippen MR) is 59.3 cm³/mol. The highest BCUT2D eigenvalue weighted by molar-refractivity contribution is 5.30. The Balaban J connectivity index is 2.08. The minimum atomic E-state index is 0.0158. The second kappa shape index (κ2) is 4.65. The molecule has 5 nitrogen and oxygen atoms in total. The van der Waals surface area contributed by atoms with Crippen molar-refractivity contribution in [1.82, 2.24) is 9.97 Å². The normalized spacial score (nSPS) is 12.1. The lowest BCUT2D eigenvalue weighted by molar-refractivity contribution is 0.397. The average molecular weight is 219 g/mol. The summed E-state index contributed by atoms with van der Waals surface area (Å²) in [7, 11) is 1.57. The molecule has 0 bridgehead atoms. The molecule has 2 heterocycles. The summed E-state index contributed by atoms with van der Waals surface area (Å²) in [4.78, 5) is 8.25. The number of nitrogens with one attached hydrogen (secondary N) is 1. The summed E-state index contributed by atoms with van der Waals surface area (Å²) < 4.78 is 10.3. The molecule has 0 aromatic carbocycles. The van der Waals surface area contributed by atoms with Crippen LogP contribution in [0.15, 0.2) is 35.1 Å². The largest absolute Gasteiger partial charge is 0.481 e. The van der Waals surface area contributed by atoms with Gasteiger partial charge in [0.2, 0.25) is 11.8 Å². The number of anilines is 1. The number of furan rings is 1. The quantitative estimate of drug-likeness (QED) is 0.854.